The van der Waals surface area contributed by atoms with E-state index >= 15 is 0 Å². The fraction of sp³-hybridized carbons (Fsp3) is 0.333. The molecule has 2 aliphatic rings. The van der Waals surface area contributed by atoms with Crippen LogP contribution >= 0.6 is 11.8 Å². The molecule has 2 aliphatic heterocycles. The smallest absolute Gasteiger partial charge is 0.414 e. The summed E-state index contributed by atoms with van der Waals surface area (Å²) in [5.74, 6) is -0.0944. The quantitative estimate of drug-likeness (QED) is 0.929. The molecule has 1 fully saturated rings. The molecule has 0 saturated carbocycles. The van der Waals surface area contributed by atoms with Crippen LogP contribution in [0.5, 0.6) is 0 Å². The van der Waals surface area contributed by atoms with Gasteiger partial charge in [-0.1, -0.05) is 30.3 Å². The SMILES string of the molecule is CSC1=C2[C@H](CCN2C(=O)OCc2ccccc2)NC1=O. The van der Waals surface area contributed by atoms with Crippen molar-refractivity contribution in [1.29, 1.82) is 0 Å². The predicted octanol–water partition coefficient (Wildman–Crippen LogP) is 2.10. The van der Waals surface area contributed by atoms with Crippen molar-refractivity contribution in [3.8, 4) is 0 Å². The standard InChI is InChI=1S/C15H16N2O3S/c1-21-13-12-11(16-14(13)18)7-8-17(12)15(19)20-9-10-5-3-2-4-6-10/h2-6,11H,7-9H2,1H3,(H,16,18)/t11-/m0/s1. The Balaban J connectivity index is 1.70. The van der Waals surface area contributed by atoms with E-state index in [1.165, 1.54) is 11.8 Å². The molecule has 0 aromatic heterocycles. The van der Waals surface area contributed by atoms with Gasteiger partial charge in [-0.05, 0) is 18.2 Å². The van der Waals surface area contributed by atoms with Gasteiger partial charge in [0.25, 0.3) is 5.91 Å². The first-order valence-corrected chi connectivity index (χ1v) is 8.00. The van der Waals surface area contributed by atoms with Crippen LogP contribution < -0.4 is 5.32 Å². The number of hydrogen-bond donors (Lipinski definition) is 1. The fourth-order valence-electron chi connectivity index (χ4n) is 2.65. The van der Waals surface area contributed by atoms with E-state index < -0.39 is 0 Å². The molecule has 0 spiro atoms. The van der Waals surface area contributed by atoms with Gasteiger partial charge in [0.05, 0.1) is 16.6 Å². The summed E-state index contributed by atoms with van der Waals surface area (Å²) in [5, 5.41) is 2.89. The van der Waals surface area contributed by atoms with E-state index in [1.807, 2.05) is 36.6 Å². The number of fused-ring (bicyclic) bond motifs is 1. The van der Waals surface area contributed by atoms with Crippen molar-refractivity contribution in [2.75, 3.05) is 12.8 Å². The Kier molecular flexibility index (Phi) is 3.88. The summed E-state index contributed by atoms with van der Waals surface area (Å²) >= 11 is 1.37. The van der Waals surface area contributed by atoms with Gasteiger partial charge in [-0.2, -0.15) is 0 Å². The minimum atomic E-state index is -0.389. The van der Waals surface area contributed by atoms with Gasteiger partial charge >= 0.3 is 6.09 Å². The lowest BCUT2D eigenvalue weighted by molar-refractivity contribution is -0.116. The number of hydrogen-bond acceptors (Lipinski definition) is 4. The maximum atomic E-state index is 12.3. The monoisotopic (exact) mass is 304 g/mol. The molecule has 1 atom stereocenters. The minimum Gasteiger partial charge on any atom is -0.444 e. The molecule has 1 saturated heterocycles. The van der Waals surface area contributed by atoms with E-state index in [1.54, 1.807) is 4.90 Å². The van der Waals surface area contributed by atoms with Crippen molar-refractivity contribution in [1.82, 2.24) is 10.2 Å². The van der Waals surface area contributed by atoms with Crippen molar-refractivity contribution >= 4 is 23.8 Å². The highest BCUT2D eigenvalue weighted by Gasteiger charge is 2.42. The molecule has 0 aliphatic carbocycles. The molecule has 1 aromatic carbocycles. The van der Waals surface area contributed by atoms with Crippen LogP contribution in [0.25, 0.3) is 0 Å². The molecule has 0 unspecified atom stereocenters. The molecule has 0 radical (unpaired) electrons. The second-order valence-electron chi connectivity index (χ2n) is 4.93. The zero-order valence-corrected chi connectivity index (χ0v) is 12.5. The largest absolute Gasteiger partial charge is 0.444 e. The van der Waals surface area contributed by atoms with Crippen LogP contribution in [0.4, 0.5) is 4.79 Å². The Morgan fingerprint density at radius 2 is 2.19 bits per heavy atom. The molecule has 6 heteroatoms. The van der Waals surface area contributed by atoms with Crippen LogP contribution in [-0.4, -0.2) is 35.7 Å². The number of ether oxygens (including phenoxy) is 1. The van der Waals surface area contributed by atoms with E-state index in [0.717, 1.165) is 17.7 Å². The van der Waals surface area contributed by atoms with Crippen LogP contribution in [0.2, 0.25) is 0 Å². The van der Waals surface area contributed by atoms with Gasteiger partial charge in [0.2, 0.25) is 0 Å². The molecule has 1 aromatic rings. The third kappa shape index (κ3) is 2.63. The van der Waals surface area contributed by atoms with E-state index in [2.05, 4.69) is 5.32 Å². The number of nitrogens with one attached hydrogen (secondary N) is 1. The van der Waals surface area contributed by atoms with Crippen LogP contribution in [0, 0.1) is 0 Å². The van der Waals surface area contributed by atoms with Gasteiger partial charge in [0, 0.05) is 6.54 Å². The van der Waals surface area contributed by atoms with Gasteiger partial charge in [0.1, 0.15) is 6.61 Å². The summed E-state index contributed by atoms with van der Waals surface area (Å²) in [6.07, 6.45) is 2.20. The Bertz CT molecular complexity index is 600. The average molecular weight is 304 g/mol. The number of rotatable bonds is 3. The minimum absolute atomic E-state index is 0.0516. The highest BCUT2D eigenvalue weighted by atomic mass is 32.2. The van der Waals surface area contributed by atoms with Crippen molar-refractivity contribution in [3.63, 3.8) is 0 Å². The van der Waals surface area contributed by atoms with Gasteiger partial charge in [-0.3, -0.25) is 9.69 Å². The zero-order chi connectivity index (χ0) is 14.8. The molecular weight excluding hydrogens is 288 g/mol. The Morgan fingerprint density at radius 1 is 1.43 bits per heavy atom. The van der Waals surface area contributed by atoms with Crippen LogP contribution in [-0.2, 0) is 16.1 Å². The van der Waals surface area contributed by atoms with Crippen LogP contribution in [0.3, 0.4) is 0 Å². The van der Waals surface area contributed by atoms with E-state index in [9.17, 15) is 9.59 Å². The maximum absolute atomic E-state index is 12.3. The highest BCUT2D eigenvalue weighted by molar-refractivity contribution is 8.03. The summed E-state index contributed by atoms with van der Waals surface area (Å²) in [7, 11) is 0. The maximum Gasteiger partial charge on any atom is 0.414 e. The van der Waals surface area contributed by atoms with E-state index in [-0.39, 0.29) is 24.6 Å². The number of thioether (sulfide) groups is 1. The molecule has 2 heterocycles. The number of carbonyl (C=O) groups excluding carboxylic acids is 2. The molecule has 110 valence electrons. The Hall–Kier alpha value is -1.95. The lowest BCUT2D eigenvalue weighted by Gasteiger charge is -2.18. The van der Waals surface area contributed by atoms with E-state index in [0.29, 0.717) is 11.4 Å². The summed E-state index contributed by atoms with van der Waals surface area (Å²) in [6, 6.07) is 9.50. The van der Waals surface area contributed by atoms with Crippen molar-refractivity contribution < 1.29 is 14.3 Å². The lowest BCUT2D eigenvalue weighted by atomic mass is 10.2. The van der Waals surface area contributed by atoms with Crippen molar-refractivity contribution in [2.45, 2.75) is 19.1 Å². The van der Waals surface area contributed by atoms with E-state index in [4.69, 9.17) is 4.74 Å². The first-order chi connectivity index (χ1) is 10.2. The predicted molar refractivity (Wildman–Crippen MR) is 80.4 cm³/mol. The highest BCUT2D eigenvalue weighted by Crippen LogP contribution is 2.34. The number of carbonyl (C=O) groups is 2. The summed E-state index contributed by atoms with van der Waals surface area (Å²) < 4.78 is 5.35. The summed E-state index contributed by atoms with van der Waals surface area (Å²) in [4.78, 5) is 26.2. The molecule has 0 bridgehead atoms. The summed E-state index contributed by atoms with van der Waals surface area (Å²) in [6.45, 7) is 0.821. The zero-order valence-electron chi connectivity index (χ0n) is 11.7. The molecule has 1 N–H and O–H groups in total. The van der Waals surface area contributed by atoms with Crippen LogP contribution in [0.15, 0.2) is 40.9 Å². The fourth-order valence-corrected chi connectivity index (χ4v) is 3.35. The molecule has 2 amide bonds. The Morgan fingerprint density at radius 3 is 2.90 bits per heavy atom. The third-order valence-electron chi connectivity index (χ3n) is 3.64. The van der Waals surface area contributed by atoms with Gasteiger partial charge < -0.3 is 10.1 Å². The number of amides is 2. The number of likely N-dealkylation sites (tertiary alicyclic amines) is 1. The van der Waals surface area contributed by atoms with Crippen molar-refractivity contribution in [2.24, 2.45) is 0 Å². The van der Waals surface area contributed by atoms with Gasteiger partial charge in [-0.15, -0.1) is 11.8 Å². The second kappa shape index (κ2) is 5.81. The average Bonchev–Trinajstić information content (AvgIpc) is 3.03. The van der Waals surface area contributed by atoms with Crippen LogP contribution in [0.1, 0.15) is 12.0 Å². The first-order valence-electron chi connectivity index (χ1n) is 6.78. The molecular formula is C15H16N2O3S. The first kappa shape index (κ1) is 14.0. The normalized spacial score (nSPS) is 20.5. The number of nitrogens with zero attached hydrogens (tertiary/aromatic N) is 1. The lowest BCUT2D eigenvalue weighted by Crippen LogP contribution is -2.29. The summed E-state index contributed by atoms with van der Waals surface area (Å²) in [5.41, 5.74) is 1.71. The molecule has 21 heavy (non-hydrogen) atoms. The van der Waals surface area contributed by atoms with Gasteiger partial charge in [0.15, 0.2) is 0 Å². The molecule has 3 rings (SSSR count). The third-order valence-corrected chi connectivity index (χ3v) is 4.44. The molecule has 5 nitrogen and oxygen atoms in total. The van der Waals surface area contributed by atoms with Crippen molar-refractivity contribution in [3.05, 3.63) is 46.5 Å². The number of benzene rings is 1. The van der Waals surface area contributed by atoms with Gasteiger partial charge in [-0.25, -0.2) is 4.79 Å². The Labute approximate surface area is 127 Å². The topological polar surface area (TPSA) is 58.6 Å². The second-order valence-corrected chi connectivity index (χ2v) is 5.74.